The van der Waals surface area contributed by atoms with E-state index in [4.69, 9.17) is 9.84 Å². The van der Waals surface area contributed by atoms with E-state index in [2.05, 4.69) is 5.92 Å². The molecule has 172 valence electrons. The van der Waals surface area contributed by atoms with E-state index in [1.165, 1.54) is 0 Å². The third-order valence-corrected chi connectivity index (χ3v) is 4.99. The van der Waals surface area contributed by atoms with Crippen molar-refractivity contribution in [3.05, 3.63) is 59.7 Å². The third-order valence-electron chi connectivity index (χ3n) is 4.99. The fraction of sp³-hybridized carbons (Fsp3) is 0.261. The van der Waals surface area contributed by atoms with E-state index in [9.17, 15) is 27.6 Å². The van der Waals surface area contributed by atoms with Crippen LogP contribution in [-0.2, 0) is 14.3 Å². The molecule has 0 aromatic heterocycles. The normalized spacial score (nSPS) is 13.1. The Hall–Kier alpha value is -4.00. The Bertz CT molecular complexity index is 1080. The number of aliphatic carboxylic acids is 1. The maximum atomic E-state index is 13.3. The Kier molecular flexibility index (Phi) is 7.23. The standard InChI is InChI=1S/C23H19F3N2O5/c24-23(25,26)19(12-20(29)27-11-5-10-21(30)31)28-22(32)33-13-18-16-8-3-1-6-14(16)15-7-2-4-9-17(15)18/h1-4,6-9,18-19H,11-13H2,(H,27,29)(H,28,32)(H,30,31). The predicted octanol–water partition coefficient (Wildman–Crippen LogP) is 3.05. The van der Waals surface area contributed by atoms with Gasteiger partial charge in [-0.3, -0.25) is 4.79 Å². The van der Waals surface area contributed by atoms with Crippen LogP contribution in [0.15, 0.2) is 48.5 Å². The van der Waals surface area contributed by atoms with E-state index in [1.807, 2.05) is 53.8 Å². The van der Waals surface area contributed by atoms with Crippen molar-refractivity contribution in [1.82, 2.24) is 10.6 Å². The second kappa shape index (κ2) is 10.1. The van der Waals surface area contributed by atoms with Crippen LogP contribution in [0.2, 0.25) is 0 Å². The van der Waals surface area contributed by atoms with E-state index < -0.39 is 43.2 Å². The molecule has 0 fully saturated rings. The molecule has 1 aliphatic rings. The van der Waals surface area contributed by atoms with Gasteiger partial charge in [-0.2, -0.15) is 13.2 Å². The number of benzene rings is 2. The van der Waals surface area contributed by atoms with Crippen molar-refractivity contribution in [2.24, 2.45) is 0 Å². The van der Waals surface area contributed by atoms with Crippen LogP contribution in [0.25, 0.3) is 11.1 Å². The van der Waals surface area contributed by atoms with Gasteiger partial charge in [0.2, 0.25) is 5.91 Å². The van der Waals surface area contributed by atoms with Gasteiger partial charge in [0.05, 0.1) is 13.0 Å². The Labute approximate surface area is 186 Å². The molecular formula is C23H19F3N2O5. The van der Waals surface area contributed by atoms with Crippen LogP contribution in [0.1, 0.15) is 23.5 Å². The minimum Gasteiger partial charge on any atom is -0.472 e. The lowest BCUT2D eigenvalue weighted by Crippen LogP contribution is -2.48. The summed E-state index contributed by atoms with van der Waals surface area (Å²) in [6.45, 7) is -0.623. The number of rotatable bonds is 6. The van der Waals surface area contributed by atoms with E-state index in [0.717, 1.165) is 22.3 Å². The Balaban J connectivity index is 1.61. The largest absolute Gasteiger partial charge is 0.472 e. The number of carboxylic acids is 1. The summed E-state index contributed by atoms with van der Waals surface area (Å²) >= 11 is 0. The predicted molar refractivity (Wildman–Crippen MR) is 111 cm³/mol. The molecule has 1 aliphatic carbocycles. The van der Waals surface area contributed by atoms with Crippen molar-refractivity contribution in [2.45, 2.75) is 24.6 Å². The molecule has 0 aliphatic heterocycles. The van der Waals surface area contributed by atoms with Gasteiger partial charge < -0.3 is 20.5 Å². The highest BCUT2D eigenvalue weighted by Crippen LogP contribution is 2.44. The zero-order valence-electron chi connectivity index (χ0n) is 17.1. The number of alkyl halides is 3. The lowest BCUT2D eigenvalue weighted by molar-refractivity contribution is -0.160. The SMILES string of the molecule is O=C(O)C#CCNC(=O)CC(NC(=O)OCC1c2ccccc2-c2ccccc21)C(F)(F)F. The van der Waals surface area contributed by atoms with Gasteiger partial charge in [-0.05, 0) is 22.3 Å². The molecule has 0 radical (unpaired) electrons. The maximum Gasteiger partial charge on any atom is 0.409 e. The van der Waals surface area contributed by atoms with Crippen molar-refractivity contribution in [2.75, 3.05) is 13.2 Å². The Morgan fingerprint density at radius 1 is 1.03 bits per heavy atom. The number of alkyl carbamates (subject to hydrolysis) is 1. The summed E-state index contributed by atoms with van der Waals surface area (Å²) < 4.78 is 45.0. The highest BCUT2D eigenvalue weighted by Gasteiger charge is 2.42. The van der Waals surface area contributed by atoms with Crippen LogP contribution >= 0.6 is 0 Å². The summed E-state index contributed by atoms with van der Waals surface area (Å²) in [6.07, 6.45) is -7.32. The van der Waals surface area contributed by atoms with Gasteiger partial charge >= 0.3 is 18.2 Å². The zero-order valence-corrected chi connectivity index (χ0v) is 17.1. The van der Waals surface area contributed by atoms with Crippen LogP contribution in [0.5, 0.6) is 0 Å². The van der Waals surface area contributed by atoms with E-state index in [-0.39, 0.29) is 12.5 Å². The molecule has 2 aromatic rings. The lowest BCUT2D eigenvalue weighted by Gasteiger charge is -2.21. The number of hydrogen-bond donors (Lipinski definition) is 3. The van der Waals surface area contributed by atoms with E-state index >= 15 is 0 Å². The Morgan fingerprint density at radius 3 is 2.15 bits per heavy atom. The number of carbonyl (C=O) groups is 3. The minimum absolute atomic E-state index is 0.179. The molecule has 7 nitrogen and oxygen atoms in total. The minimum atomic E-state index is -4.91. The molecule has 2 aromatic carbocycles. The summed E-state index contributed by atoms with van der Waals surface area (Å²) in [4.78, 5) is 34.2. The molecule has 33 heavy (non-hydrogen) atoms. The quantitative estimate of drug-likeness (QED) is 0.575. The summed E-state index contributed by atoms with van der Waals surface area (Å²) in [5.41, 5.74) is 3.75. The number of ether oxygens (including phenoxy) is 1. The summed E-state index contributed by atoms with van der Waals surface area (Å²) in [5, 5.41) is 12.1. The first-order valence-electron chi connectivity index (χ1n) is 9.83. The third kappa shape index (κ3) is 6.04. The number of carbonyl (C=O) groups excluding carboxylic acids is 2. The van der Waals surface area contributed by atoms with Crippen LogP contribution in [0.3, 0.4) is 0 Å². The molecule has 1 atom stereocenters. The van der Waals surface area contributed by atoms with Gasteiger partial charge in [0, 0.05) is 11.8 Å². The van der Waals surface area contributed by atoms with Crippen molar-refractivity contribution < 1.29 is 37.4 Å². The highest BCUT2D eigenvalue weighted by atomic mass is 19.4. The molecule has 3 N–H and O–H groups in total. The zero-order chi connectivity index (χ0) is 24.0. The van der Waals surface area contributed by atoms with Crippen LogP contribution in [0.4, 0.5) is 18.0 Å². The van der Waals surface area contributed by atoms with Crippen LogP contribution < -0.4 is 10.6 Å². The molecule has 0 heterocycles. The smallest absolute Gasteiger partial charge is 0.409 e. The van der Waals surface area contributed by atoms with Crippen LogP contribution in [-0.4, -0.2) is 48.4 Å². The highest BCUT2D eigenvalue weighted by molar-refractivity contribution is 5.86. The molecule has 10 heteroatoms. The molecule has 0 bridgehead atoms. The molecule has 3 rings (SSSR count). The average molecular weight is 460 g/mol. The van der Waals surface area contributed by atoms with Crippen molar-refractivity contribution in [3.63, 3.8) is 0 Å². The second-order valence-electron chi connectivity index (χ2n) is 7.15. The maximum absolute atomic E-state index is 13.3. The number of halogens is 3. The first-order valence-corrected chi connectivity index (χ1v) is 9.83. The van der Waals surface area contributed by atoms with Gasteiger partial charge in [0.25, 0.3) is 0 Å². The van der Waals surface area contributed by atoms with Crippen molar-refractivity contribution in [3.8, 4) is 23.0 Å². The van der Waals surface area contributed by atoms with Crippen molar-refractivity contribution >= 4 is 18.0 Å². The molecule has 0 spiro atoms. The molecule has 0 saturated heterocycles. The number of amides is 2. The van der Waals surface area contributed by atoms with E-state index in [1.54, 1.807) is 11.2 Å². The number of carboxylic acid groups (broad SMARTS) is 1. The van der Waals surface area contributed by atoms with Crippen LogP contribution in [0, 0.1) is 11.8 Å². The van der Waals surface area contributed by atoms with Crippen molar-refractivity contribution in [1.29, 1.82) is 0 Å². The molecule has 1 unspecified atom stereocenters. The van der Waals surface area contributed by atoms with Gasteiger partial charge in [0.1, 0.15) is 12.6 Å². The topological polar surface area (TPSA) is 105 Å². The first kappa shape index (κ1) is 23.7. The van der Waals surface area contributed by atoms with Gasteiger partial charge in [0.15, 0.2) is 0 Å². The Morgan fingerprint density at radius 2 is 1.61 bits per heavy atom. The lowest BCUT2D eigenvalue weighted by atomic mass is 9.98. The molecule has 0 saturated carbocycles. The summed E-state index contributed by atoms with van der Waals surface area (Å²) in [7, 11) is 0. The number of fused-ring (bicyclic) bond motifs is 3. The fourth-order valence-corrected chi connectivity index (χ4v) is 3.55. The molecule has 2 amide bonds. The second-order valence-corrected chi connectivity index (χ2v) is 7.15. The summed E-state index contributed by atoms with van der Waals surface area (Å²) in [5.74, 6) is 0.951. The molecular weight excluding hydrogens is 441 g/mol. The average Bonchev–Trinajstić information content (AvgIpc) is 3.08. The first-order chi connectivity index (χ1) is 15.7. The fourth-order valence-electron chi connectivity index (χ4n) is 3.55. The van der Waals surface area contributed by atoms with Gasteiger partial charge in [-0.15, -0.1) is 0 Å². The van der Waals surface area contributed by atoms with E-state index in [0.29, 0.717) is 0 Å². The summed E-state index contributed by atoms with van der Waals surface area (Å²) in [6, 6.07) is 12.5. The number of nitrogens with one attached hydrogen (secondary N) is 2. The monoisotopic (exact) mass is 460 g/mol. The number of hydrogen-bond acceptors (Lipinski definition) is 4. The van der Waals surface area contributed by atoms with Gasteiger partial charge in [-0.25, -0.2) is 9.59 Å². The van der Waals surface area contributed by atoms with Gasteiger partial charge in [-0.1, -0.05) is 54.5 Å².